The Balaban J connectivity index is 1.74. The van der Waals surface area contributed by atoms with Crippen LogP contribution in [0.3, 0.4) is 0 Å². The largest absolute Gasteiger partial charge is 0.494 e. The van der Waals surface area contributed by atoms with Gasteiger partial charge in [-0.05, 0) is 43.7 Å². The molecule has 7 heteroatoms. The van der Waals surface area contributed by atoms with E-state index in [0.717, 1.165) is 5.75 Å². The van der Waals surface area contributed by atoms with Crippen molar-refractivity contribution in [2.24, 2.45) is 0 Å². The van der Waals surface area contributed by atoms with Crippen LogP contribution in [0.15, 0.2) is 48.5 Å². The predicted molar refractivity (Wildman–Crippen MR) is 94.1 cm³/mol. The first-order chi connectivity index (χ1) is 12.1. The van der Waals surface area contributed by atoms with Crippen molar-refractivity contribution in [2.45, 2.75) is 19.8 Å². The van der Waals surface area contributed by atoms with Crippen LogP contribution in [-0.2, 0) is 4.79 Å². The van der Waals surface area contributed by atoms with Gasteiger partial charge in [-0.1, -0.05) is 12.1 Å². The first-order valence-corrected chi connectivity index (χ1v) is 7.99. The summed E-state index contributed by atoms with van der Waals surface area (Å²) >= 11 is 0. The highest BCUT2D eigenvalue weighted by Gasteiger charge is 2.13. The molecule has 0 saturated carbocycles. The van der Waals surface area contributed by atoms with Crippen molar-refractivity contribution in [1.82, 2.24) is 0 Å². The van der Waals surface area contributed by atoms with Crippen LogP contribution in [0.1, 0.15) is 19.8 Å². The van der Waals surface area contributed by atoms with Crippen molar-refractivity contribution in [2.75, 3.05) is 18.5 Å². The molecule has 0 heterocycles. The van der Waals surface area contributed by atoms with Crippen molar-refractivity contribution in [1.29, 1.82) is 0 Å². The summed E-state index contributed by atoms with van der Waals surface area (Å²) in [6.45, 7) is 2.72. The molecule has 0 fully saturated rings. The van der Waals surface area contributed by atoms with E-state index in [-0.39, 0.29) is 30.4 Å². The lowest BCUT2D eigenvalue weighted by Crippen LogP contribution is -2.13. The number of carbonyl (C=O) groups excluding carboxylic acids is 1. The molecule has 132 valence electrons. The third-order valence-corrected chi connectivity index (χ3v) is 3.32. The first-order valence-electron chi connectivity index (χ1n) is 7.99. The van der Waals surface area contributed by atoms with Gasteiger partial charge < -0.3 is 14.8 Å². The second kappa shape index (κ2) is 9.27. The second-order valence-corrected chi connectivity index (χ2v) is 5.18. The number of nitrogens with zero attached hydrogens (tertiary/aromatic N) is 1. The fraction of sp³-hybridized carbons (Fsp3) is 0.278. The number of para-hydroxylation sites is 2. The number of anilines is 1. The van der Waals surface area contributed by atoms with Gasteiger partial charge in [0.05, 0.1) is 18.1 Å². The van der Waals surface area contributed by atoms with E-state index in [1.807, 2.05) is 6.92 Å². The number of rotatable bonds is 9. The van der Waals surface area contributed by atoms with Crippen LogP contribution in [0, 0.1) is 10.1 Å². The van der Waals surface area contributed by atoms with Gasteiger partial charge in [0.15, 0.2) is 5.75 Å². The first kappa shape index (κ1) is 18.3. The summed E-state index contributed by atoms with van der Waals surface area (Å²) in [6, 6.07) is 13.3. The van der Waals surface area contributed by atoms with Crippen molar-refractivity contribution in [3.05, 3.63) is 58.6 Å². The Morgan fingerprint density at radius 1 is 1.12 bits per heavy atom. The molecule has 1 amide bonds. The number of carbonyl (C=O) groups is 1. The third-order valence-electron chi connectivity index (χ3n) is 3.32. The molecule has 0 unspecified atom stereocenters. The van der Waals surface area contributed by atoms with Crippen LogP contribution in [-0.4, -0.2) is 24.0 Å². The summed E-state index contributed by atoms with van der Waals surface area (Å²) in [4.78, 5) is 22.3. The van der Waals surface area contributed by atoms with Gasteiger partial charge in [-0.2, -0.15) is 0 Å². The number of nitro benzene ring substituents is 1. The molecular weight excluding hydrogens is 324 g/mol. The van der Waals surface area contributed by atoms with Crippen LogP contribution >= 0.6 is 0 Å². The van der Waals surface area contributed by atoms with E-state index < -0.39 is 4.92 Å². The van der Waals surface area contributed by atoms with Crippen LogP contribution in [0.25, 0.3) is 0 Å². The van der Waals surface area contributed by atoms with Crippen molar-refractivity contribution in [3.8, 4) is 11.5 Å². The molecule has 0 aliphatic rings. The molecule has 0 aliphatic heterocycles. The maximum Gasteiger partial charge on any atom is 0.310 e. The molecule has 0 spiro atoms. The Kier molecular flexibility index (Phi) is 6.76. The second-order valence-electron chi connectivity index (χ2n) is 5.18. The van der Waals surface area contributed by atoms with Gasteiger partial charge in [-0.25, -0.2) is 0 Å². The lowest BCUT2D eigenvalue weighted by atomic mass is 10.2. The van der Waals surface area contributed by atoms with Gasteiger partial charge in [0, 0.05) is 18.2 Å². The molecule has 2 rings (SSSR count). The molecule has 7 nitrogen and oxygen atoms in total. The van der Waals surface area contributed by atoms with Crippen LogP contribution in [0.2, 0.25) is 0 Å². The van der Waals surface area contributed by atoms with E-state index in [9.17, 15) is 14.9 Å². The molecule has 0 radical (unpaired) electrons. The Labute approximate surface area is 145 Å². The number of benzene rings is 2. The Morgan fingerprint density at radius 2 is 1.84 bits per heavy atom. The minimum atomic E-state index is -0.492. The van der Waals surface area contributed by atoms with Gasteiger partial charge >= 0.3 is 5.69 Å². The molecule has 0 aliphatic carbocycles. The summed E-state index contributed by atoms with van der Waals surface area (Å²) in [7, 11) is 0. The molecule has 0 atom stereocenters. The maximum atomic E-state index is 11.9. The van der Waals surface area contributed by atoms with Gasteiger partial charge in [0.25, 0.3) is 0 Å². The molecule has 0 saturated heterocycles. The fourth-order valence-electron chi connectivity index (χ4n) is 2.17. The van der Waals surface area contributed by atoms with E-state index in [1.54, 1.807) is 36.4 Å². The number of hydrogen-bond acceptors (Lipinski definition) is 5. The Hall–Kier alpha value is -3.09. The molecule has 2 aromatic rings. The summed E-state index contributed by atoms with van der Waals surface area (Å²) in [5, 5.41) is 13.7. The van der Waals surface area contributed by atoms with Crippen LogP contribution < -0.4 is 14.8 Å². The standard InChI is InChI=1S/C18H20N2O5/c1-2-24-15-11-9-14(10-12-15)19-18(21)8-5-13-25-17-7-4-3-6-16(17)20(22)23/h3-4,6-7,9-12H,2,5,8,13H2,1H3,(H,19,21). The highest BCUT2D eigenvalue weighted by molar-refractivity contribution is 5.90. The smallest absolute Gasteiger partial charge is 0.310 e. The highest BCUT2D eigenvalue weighted by Crippen LogP contribution is 2.25. The molecule has 1 N–H and O–H groups in total. The number of ether oxygens (including phenoxy) is 2. The number of nitrogens with one attached hydrogen (secondary N) is 1. The van der Waals surface area contributed by atoms with Gasteiger partial charge in [0.1, 0.15) is 5.75 Å². The molecule has 0 aromatic heterocycles. The summed E-state index contributed by atoms with van der Waals surface area (Å²) in [5.74, 6) is 0.813. The van der Waals surface area contributed by atoms with Crippen molar-refractivity contribution >= 4 is 17.3 Å². The van der Waals surface area contributed by atoms with Crippen molar-refractivity contribution < 1.29 is 19.2 Å². The average molecular weight is 344 g/mol. The van der Waals surface area contributed by atoms with Gasteiger partial charge in [-0.15, -0.1) is 0 Å². The van der Waals surface area contributed by atoms with Crippen LogP contribution in [0.4, 0.5) is 11.4 Å². The highest BCUT2D eigenvalue weighted by atomic mass is 16.6. The number of nitro groups is 1. The Morgan fingerprint density at radius 3 is 2.52 bits per heavy atom. The van der Waals surface area contributed by atoms with Crippen LogP contribution in [0.5, 0.6) is 11.5 Å². The maximum absolute atomic E-state index is 11.9. The normalized spacial score (nSPS) is 10.1. The molecule has 25 heavy (non-hydrogen) atoms. The predicted octanol–water partition coefficient (Wildman–Crippen LogP) is 3.79. The molecular formula is C18H20N2O5. The van der Waals surface area contributed by atoms with E-state index in [1.165, 1.54) is 12.1 Å². The van der Waals surface area contributed by atoms with Gasteiger partial charge in [-0.3, -0.25) is 14.9 Å². The quantitative estimate of drug-likeness (QED) is 0.424. The zero-order valence-corrected chi connectivity index (χ0v) is 13.9. The monoisotopic (exact) mass is 344 g/mol. The number of amides is 1. The van der Waals surface area contributed by atoms with E-state index >= 15 is 0 Å². The zero-order chi connectivity index (χ0) is 18.1. The fourth-order valence-corrected chi connectivity index (χ4v) is 2.17. The summed E-state index contributed by atoms with van der Waals surface area (Å²) in [6.07, 6.45) is 0.711. The third kappa shape index (κ3) is 5.80. The zero-order valence-electron chi connectivity index (χ0n) is 13.9. The SMILES string of the molecule is CCOc1ccc(NC(=O)CCCOc2ccccc2[N+](=O)[O-])cc1. The number of hydrogen-bond donors (Lipinski definition) is 1. The van der Waals surface area contributed by atoms with E-state index in [2.05, 4.69) is 5.32 Å². The topological polar surface area (TPSA) is 90.7 Å². The molecule has 0 bridgehead atoms. The lowest BCUT2D eigenvalue weighted by Gasteiger charge is -2.08. The van der Waals surface area contributed by atoms with E-state index in [4.69, 9.17) is 9.47 Å². The Bertz CT molecular complexity index is 716. The summed E-state index contributed by atoms with van der Waals surface area (Å²) in [5.41, 5.74) is 0.606. The minimum absolute atomic E-state index is 0.0821. The average Bonchev–Trinajstić information content (AvgIpc) is 2.61. The van der Waals surface area contributed by atoms with Crippen molar-refractivity contribution in [3.63, 3.8) is 0 Å². The minimum Gasteiger partial charge on any atom is -0.494 e. The summed E-state index contributed by atoms with van der Waals surface area (Å²) < 4.78 is 10.7. The molecule has 2 aromatic carbocycles. The lowest BCUT2D eigenvalue weighted by molar-refractivity contribution is -0.385. The van der Waals surface area contributed by atoms with Gasteiger partial charge in [0.2, 0.25) is 5.91 Å². The van der Waals surface area contributed by atoms with E-state index in [0.29, 0.717) is 18.7 Å².